The van der Waals surface area contributed by atoms with Crippen LogP contribution in [0.4, 0.5) is 19.2 Å². The Hall–Kier alpha value is -4.69. The van der Waals surface area contributed by atoms with Gasteiger partial charge in [-0.25, -0.2) is 19.2 Å². The number of carbonyl (C=O) groups is 4. The van der Waals surface area contributed by atoms with Crippen LogP contribution < -0.4 is 11.1 Å². The number of likely N-dealkylation sites (tertiary alicyclic amines) is 2. The van der Waals surface area contributed by atoms with Crippen LogP contribution in [-0.2, 0) is 50.4 Å². The summed E-state index contributed by atoms with van der Waals surface area (Å²) in [7, 11) is -0.954. The second kappa shape index (κ2) is 25.4. The molecule has 85 heavy (non-hydrogen) atoms. The van der Waals surface area contributed by atoms with E-state index in [9.17, 15) is 19.2 Å². The maximum absolute atomic E-state index is 13.2. The van der Waals surface area contributed by atoms with E-state index in [-0.39, 0.29) is 93.6 Å². The first kappa shape index (κ1) is 66.3. The van der Waals surface area contributed by atoms with E-state index in [0.717, 1.165) is 83.9 Å². The van der Waals surface area contributed by atoms with Gasteiger partial charge in [0.05, 0.1) is 54.0 Å². The number of amides is 3. The molecule has 18 nitrogen and oxygen atoms in total. The number of benzene rings is 2. The van der Waals surface area contributed by atoms with E-state index in [0.29, 0.717) is 49.1 Å². The molecule has 22 heteroatoms. The largest absolute Gasteiger partial charge is 0.482 e. The summed E-state index contributed by atoms with van der Waals surface area (Å²) in [5.74, 6) is 1.68. The number of hydrogen-bond acceptors (Lipinski definition) is 15. The Bertz CT molecular complexity index is 3000. The van der Waals surface area contributed by atoms with E-state index in [1.807, 2.05) is 90.3 Å². The van der Waals surface area contributed by atoms with E-state index in [1.54, 1.807) is 16.1 Å². The molecule has 468 valence electrons. The number of ether oxygens (including phenoxy) is 4. The van der Waals surface area contributed by atoms with Crippen LogP contribution in [0.1, 0.15) is 153 Å². The summed E-state index contributed by atoms with van der Waals surface area (Å²) < 4.78 is 58.8. The van der Waals surface area contributed by atoms with Crippen LogP contribution in [0.15, 0.2) is 69.9 Å². The van der Waals surface area contributed by atoms with Crippen molar-refractivity contribution in [3.8, 4) is 0 Å². The molecule has 10 aliphatic rings. The monoisotopic (exact) mass is 1220 g/mol. The maximum atomic E-state index is 13.2. The van der Waals surface area contributed by atoms with Gasteiger partial charge in [-0.2, -0.15) is 0 Å². The molecule has 6 aliphatic carbocycles. The third-order valence-electron chi connectivity index (χ3n) is 19.7. The third kappa shape index (κ3) is 13.8. The predicted octanol–water partition coefficient (Wildman–Crippen LogP) is 13.1. The first-order chi connectivity index (χ1) is 39.0. The molecule has 2 aromatic heterocycles. The number of para-hydroxylation sites is 2. The highest BCUT2D eigenvalue weighted by atomic mass is 35.5. The molecule has 0 spiro atoms. The fraction of sp³-hybridized carbons (Fsp3) is 0.683. The highest BCUT2D eigenvalue weighted by molar-refractivity contribution is 6.61. The Balaban J connectivity index is 0.000000182. The Morgan fingerprint density at radius 1 is 0.671 bits per heavy atom. The van der Waals surface area contributed by atoms with Crippen molar-refractivity contribution in [3.05, 3.63) is 72.2 Å². The second-order valence-corrected chi connectivity index (χ2v) is 28.4. The van der Waals surface area contributed by atoms with Crippen LogP contribution in [0, 0.1) is 34.5 Å². The summed E-state index contributed by atoms with van der Waals surface area (Å²) in [6.45, 7) is 26.2. The van der Waals surface area contributed by atoms with E-state index >= 15 is 0 Å². The lowest BCUT2D eigenvalue weighted by molar-refractivity contribution is -0.199. The summed E-state index contributed by atoms with van der Waals surface area (Å²) in [6.07, 6.45) is 11.3. The van der Waals surface area contributed by atoms with Crippen LogP contribution >= 0.6 is 24.0 Å². The van der Waals surface area contributed by atoms with Gasteiger partial charge in [0.1, 0.15) is 35.6 Å². The molecule has 6 heterocycles. The van der Waals surface area contributed by atoms with E-state index in [1.165, 1.54) is 6.42 Å². The van der Waals surface area contributed by atoms with Crippen molar-refractivity contribution in [1.82, 2.24) is 15.1 Å². The number of carbonyl (C=O) groups excluding carboxylic acids is 4. The molecule has 12 atom stereocenters. The van der Waals surface area contributed by atoms with Gasteiger partial charge in [-0.05, 0) is 177 Å². The Labute approximate surface area is 514 Å². The summed E-state index contributed by atoms with van der Waals surface area (Å²) in [5, 5.41) is 5.18. The molecule has 0 radical (unpaired) electrons. The van der Waals surface area contributed by atoms with Gasteiger partial charge in [0, 0.05) is 41.4 Å². The van der Waals surface area contributed by atoms with Crippen molar-refractivity contribution in [1.29, 1.82) is 0 Å². The average molecular weight is 1220 g/mol. The van der Waals surface area contributed by atoms with E-state index in [2.05, 4.69) is 52.9 Å². The van der Waals surface area contributed by atoms with Crippen molar-refractivity contribution in [2.24, 2.45) is 40.2 Å². The minimum atomic E-state index is -0.846. The number of alkyl carbamates (subject to hydrolysis) is 1. The standard InChI is InChI=1S/C31H43BN2O7.C20H26BNO3.C11H18ClNO4.CH4.ClH/c1-29(2,3)39-28(36)34-13-9-10-21(34)18-38-27(35)33-26(14-19-17-37-23-12-8-7-11-22(19)23)32-40-25-16-20-15-24(30(20,4)5)31(25,6)41-32;1-19(2)13-9-16(19)20(3)17(10-13)24-21(25-20)18(22)8-12-11-23-15-7-5-4-6-14(12)15;1-11(2,3)17-10(15)13-6-4-5-8(13)7-16-9(12)14;;/h7-8,11-12,17,20-21,24-26H,9-10,13-16,18H2,1-6H3,(H,33,35);4-7,11,13,16-18H,8-10,22H2,1-3H3;8H,4-7H2,1-3H3;1H4;1H/t20-,21+,24-,25+,26-,31-;13-,16-,17+,18-,20-;8-;;/m001../s1. The van der Waals surface area contributed by atoms with E-state index < -0.39 is 41.4 Å². The summed E-state index contributed by atoms with van der Waals surface area (Å²) in [5.41, 5.74) is 8.32. The lowest BCUT2D eigenvalue weighted by Crippen LogP contribution is -2.65. The Morgan fingerprint density at radius 2 is 1.11 bits per heavy atom. The molecule has 14 rings (SSSR count). The normalized spacial score (nSPS) is 29.9. The van der Waals surface area contributed by atoms with Crippen molar-refractivity contribution >= 4 is 83.9 Å². The molecule has 3 N–H and O–H groups in total. The van der Waals surface area contributed by atoms with Crippen LogP contribution in [0.25, 0.3) is 21.9 Å². The average Bonchev–Trinajstić information content (AvgIpc) is 3.21. The molecule has 2 aromatic carbocycles. The molecule has 0 unspecified atom stereocenters. The number of hydrogen-bond donors (Lipinski definition) is 2. The SMILES string of the molecule is C.CC(C)(C)OC(=O)N1CCC[C@@H]1COC(=O)Cl.CC(C)(C)OC(=O)N1CCC[C@@H]1COC(=O)N[C@@H](Cc1coc2ccccc12)B1O[C@@H]2C[C@@H]3C[C@@H](C3(C)C)[C@]2(C)O1.CC1(C)[C@@H]2C[C@H]3OB([C@@H](N)Cc4coc5ccccc45)O[C@@]3(C)[C@H]1C2.Cl. The van der Waals surface area contributed by atoms with Gasteiger partial charge in [0.2, 0.25) is 0 Å². The second-order valence-electron chi connectivity index (χ2n) is 28.1. The number of nitrogens with one attached hydrogen (secondary N) is 1. The van der Waals surface area contributed by atoms with Crippen LogP contribution in [0.2, 0.25) is 0 Å². The van der Waals surface area contributed by atoms with Crippen molar-refractivity contribution in [3.63, 3.8) is 0 Å². The van der Waals surface area contributed by atoms with Gasteiger partial charge in [-0.15, -0.1) is 12.4 Å². The van der Waals surface area contributed by atoms with Gasteiger partial charge in [0.15, 0.2) is 0 Å². The zero-order valence-corrected chi connectivity index (χ0v) is 52.6. The highest BCUT2D eigenvalue weighted by Crippen LogP contribution is 2.67. The lowest BCUT2D eigenvalue weighted by atomic mass is 9.43. The van der Waals surface area contributed by atoms with Crippen molar-refractivity contribution < 1.29 is 65.6 Å². The number of nitrogens with two attached hydrogens (primary N) is 1. The zero-order chi connectivity index (χ0) is 59.6. The summed E-state index contributed by atoms with van der Waals surface area (Å²) >= 11 is 5.09. The molecular weight excluding hydrogens is 1130 g/mol. The highest BCUT2D eigenvalue weighted by Gasteiger charge is 2.70. The number of rotatable bonds is 11. The number of nitrogens with zero attached hydrogens (tertiary/aromatic N) is 2. The number of furan rings is 2. The van der Waals surface area contributed by atoms with Gasteiger partial charge >= 0.3 is 37.9 Å². The maximum Gasteiger partial charge on any atom is 0.482 e. The minimum Gasteiger partial charge on any atom is -0.464 e. The van der Waals surface area contributed by atoms with Crippen LogP contribution in [0.5, 0.6) is 0 Å². The first-order valence-corrected chi connectivity index (χ1v) is 30.5. The minimum absolute atomic E-state index is 0. The van der Waals surface area contributed by atoms with Gasteiger partial charge in [-0.1, -0.05) is 71.5 Å². The Kier molecular flexibility index (Phi) is 19.8. The molecule has 4 bridgehead atoms. The lowest BCUT2D eigenvalue weighted by Gasteiger charge is -2.64. The van der Waals surface area contributed by atoms with Gasteiger partial charge in [0.25, 0.3) is 0 Å². The molecule has 4 saturated heterocycles. The number of fused-ring (bicyclic) bond motifs is 2. The molecule has 4 aromatic rings. The fourth-order valence-corrected chi connectivity index (χ4v) is 15.1. The molecule has 4 aliphatic heterocycles. The van der Waals surface area contributed by atoms with Crippen LogP contribution in [0.3, 0.4) is 0 Å². The molecule has 10 fully saturated rings. The summed E-state index contributed by atoms with van der Waals surface area (Å²) in [4.78, 5) is 51.5. The summed E-state index contributed by atoms with van der Waals surface area (Å²) in [6, 6.07) is 15.6. The first-order valence-electron chi connectivity index (χ1n) is 30.1. The van der Waals surface area contributed by atoms with E-state index in [4.69, 9.17) is 63.7 Å². The molecule has 3 amide bonds. The van der Waals surface area contributed by atoms with Crippen molar-refractivity contribution in [2.75, 3.05) is 26.3 Å². The van der Waals surface area contributed by atoms with Gasteiger partial charge < -0.3 is 67.2 Å². The predicted molar refractivity (Wildman–Crippen MR) is 329 cm³/mol. The Morgan fingerprint density at radius 3 is 1.56 bits per heavy atom. The van der Waals surface area contributed by atoms with Crippen molar-refractivity contribution in [2.45, 2.75) is 213 Å². The number of halogens is 2. The third-order valence-corrected chi connectivity index (χ3v) is 19.9. The smallest absolute Gasteiger partial charge is 0.464 e. The fourth-order valence-electron chi connectivity index (χ4n) is 15.0. The topological polar surface area (TPSA) is 213 Å². The zero-order valence-electron chi connectivity index (χ0n) is 51.1. The van der Waals surface area contributed by atoms with Gasteiger partial charge in [-0.3, -0.25) is 0 Å². The quantitative estimate of drug-likeness (QED) is 0.0812. The van der Waals surface area contributed by atoms with Crippen LogP contribution in [-0.4, -0.2) is 133 Å². The molecular formula is C63H92B2Cl2N4O14. The molecule has 6 saturated carbocycles.